The smallest absolute Gasteiger partial charge is 0.306 e. The number of anilines is 1. The maximum atomic E-state index is 11.6. The van der Waals surface area contributed by atoms with Gasteiger partial charge in [0.25, 0.3) is 0 Å². The van der Waals surface area contributed by atoms with Crippen molar-refractivity contribution in [1.29, 1.82) is 0 Å². The van der Waals surface area contributed by atoms with Crippen LogP contribution in [0.2, 0.25) is 0 Å². The number of rotatable bonds is 10. The van der Waals surface area contributed by atoms with Crippen LogP contribution in [-0.2, 0) is 4.84 Å². The molecule has 0 unspecified atom stereocenters. The molecular weight excluding hydrogens is 379 g/mol. The number of hydroxylamine groups is 1. The Hall–Kier alpha value is -0.820. The summed E-state index contributed by atoms with van der Waals surface area (Å²) >= 11 is 2.20. The molecule has 0 aliphatic heterocycles. The first kappa shape index (κ1) is 18.2. The van der Waals surface area contributed by atoms with E-state index in [1.807, 2.05) is 24.3 Å². The maximum absolute atomic E-state index is 11.6. The van der Waals surface area contributed by atoms with E-state index in [0.717, 1.165) is 22.1 Å². The van der Waals surface area contributed by atoms with Crippen molar-refractivity contribution in [3.8, 4) is 0 Å². The van der Waals surface area contributed by atoms with Gasteiger partial charge in [0.05, 0.1) is 6.61 Å². The lowest BCUT2D eigenvalue weighted by Gasteiger charge is -2.08. The van der Waals surface area contributed by atoms with E-state index in [-0.39, 0.29) is 6.03 Å². The van der Waals surface area contributed by atoms with Gasteiger partial charge in [0, 0.05) is 9.26 Å². The number of hydrogen-bond acceptors (Lipinski definition) is 2. The topological polar surface area (TPSA) is 50.4 Å². The number of carbonyl (C=O) groups is 1. The lowest BCUT2D eigenvalue weighted by atomic mass is 10.1. The molecule has 4 nitrogen and oxygen atoms in total. The zero-order valence-corrected chi connectivity index (χ0v) is 14.8. The Morgan fingerprint density at radius 1 is 1.14 bits per heavy atom. The normalized spacial score (nSPS) is 10.4. The number of hydrogen-bond donors (Lipinski definition) is 2. The number of nitrogens with one attached hydrogen (secondary N) is 2. The highest BCUT2D eigenvalue weighted by atomic mass is 127. The Morgan fingerprint density at radius 3 is 2.57 bits per heavy atom. The Balaban J connectivity index is 1.99. The molecule has 1 rings (SSSR count). The van der Waals surface area contributed by atoms with Gasteiger partial charge in [-0.3, -0.25) is 4.84 Å². The van der Waals surface area contributed by atoms with E-state index in [0.29, 0.717) is 6.61 Å². The van der Waals surface area contributed by atoms with Gasteiger partial charge in [-0.05, 0) is 47.2 Å². The molecular formula is C16H25IN2O2. The van der Waals surface area contributed by atoms with E-state index in [1.165, 1.54) is 32.1 Å². The quantitative estimate of drug-likeness (QED) is 0.324. The molecule has 0 saturated carbocycles. The summed E-state index contributed by atoms with van der Waals surface area (Å²) in [7, 11) is 0. The third-order valence-electron chi connectivity index (χ3n) is 3.10. The van der Waals surface area contributed by atoms with Crippen LogP contribution < -0.4 is 10.8 Å². The molecule has 0 heterocycles. The van der Waals surface area contributed by atoms with Crippen molar-refractivity contribution >= 4 is 34.3 Å². The number of carbonyl (C=O) groups excluding carboxylic acids is 1. The number of unbranched alkanes of at least 4 members (excludes halogenated alkanes) is 6. The minimum Gasteiger partial charge on any atom is -0.306 e. The van der Waals surface area contributed by atoms with Gasteiger partial charge >= 0.3 is 6.03 Å². The fraction of sp³-hybridized carbons (Fsp3) is 0.562. The Labute approximate surface area is 141 Å². The third kappa shape index (κ3) is 9.68. The molecule has 2 N–H and O–H groups in total. The first-order chi connectivity index (χ1) is 10.2. The molecule has 1 aromatic rings. The molecule has 0 radical (unpaired) electrons. The fourth-order valence-electron chi connectivity index (χ4n) is 1.97. The summed E-state index contributed by atoms with van der Waals surface area (Å²) in [4.78, 5) is 16.7. The van der Waals surface area contributed by atoms with E-state index >= 15 is 0 Å². The first-order valence-corrected chi connectivity index (χ1v) is 8.74. The minimum atomic E-state index is -0.333. The molecule has 0 spiro atoms. The van der Waals surface area contributed by atoms with E-state index in [9.17, 15) is 4.79 Å². The monoisotopic (exact) mass is 404 g/mol. The van der Waals surface area contributed by atoms with Crippen LogP contribution in [0.5, 0.6) is 0 Å². The average Bonchev–Trinajstić information content (AvgIpc) is 2.45. The van der Waals surface area contributed by atoms with Crippen molar-refractivity contribution in [3.05, 3.63) is 27.8 Å². The summed E-state index contributed by atoms with van der Waals surface area (Å²) in [6, 6.07) is 7.28. The van der Waals surface area contributed by atoms with Gasteiger partial charge in [-0.15, -0.1) is 0 Å². The molecule has 0 aliphatic carbocycles. The Morgan fingerprint density at radius 2 is 1.86 bits per heavy atom. The average molecular weight is 404 g/mol. The van der Waals surface area contributed by atoms with Crippen LogP contribution in [0.4, 0.5) is 10.5 Å². The second kappa shape index (κ2) is 11.8. The van der Waals surface area contributed by atoms with E-state index < -0.39 is 0 Å². The minimum absolute atomic E-state index is 0.333. The first-order valence-electron chi connectivity index (χ1n) is 7.66. The molecule has 5 heteroatoms. The lowest BCUT2D eigenvalue weighted by Crippen LogP contribution is -2.29. The van der Waals surface area contributed by atoms with Crippen LogP contribution in [0.1, 0.15) is 51.9 Å². The molecule has 2 amide bonds. The summed E-state index contributed by atoms with van der Waals surface area (Å²) in [6.45, 7) is 2.79. The van der Waals surface area contributed by atoms with Crippen molar-refractivity contribution in [2.45, 2.75) is 51.9 Å². The van der Waals surface area contributed by atoms with Gasteiger partial charge in [-0.1, -0.05) is 51.5 Å². The predicted octanol–water partition coefficient (Wildman–Crippen LogP) is 5.09. The largest absolute Gasteiger partial charge is 0.343 e. The lowest BCUT2D eigenvalue weighted by molar-refractivity contribution is 0.0631. The third-order valence-corrected chi connectivity index (χ3v) is 3.77. The van der Waals surface area contributed by atoms with Crippen LogP contribution in [0.15, 0.2) is 24.3 Å². The van der Waals surface area contributed by atoms with Crippen molar-refractivity contribution in [2.24, 2.45) is 0 Å². The van der Waals surface area contributed by atoms with Crippen LogP contribution in [0.25, 0.3) is 0 Å². The highest BCUT2D eigenvalue weighted by molar-refractivity contribution is 14.1. The summed E-state index contributed by atoms with van der Waals surface area (Å²) < 4.78 is 1.08. The van der Waals surface area contributed by atoms with Crippen molar-refractivity contribution in [1.82, 2.24) is 5.48 Å². The van der Waals surface area contributed by atoms with Crippen molar-refractivity contribution in [3.63, 3.8) is 0 Å². The molecule has 118 valence electrons. The molecule has 0 aromatic heterocycles. The summed E-state index contributed by atoms with van der Waals surface area (Å²) in [5, 5.41) is 2.73. The van der Waals surface area contributed by atoms with Crippen LogP contribution >= 0.6 is 22.6 Å². The van der Waals surface area contributed by atoms with Gasteiger partial charge in [0.1, 0.15) is 0 Å². The molecule has 1 aromatic carbocycles. The van der Waals surface area contributed by atoms with Gasteiger partial charge < -0.3 is 5.32 Å². The molecule has 0 atom stereocenters. The van der Waals surface area contributed by atoms with E-state index in [2.05, 4.69) is 40.3 Å². The zero-order chi connectivity index (χ0) is 15.3. The molecule has 0 bridgehead atoms. The number of halogens is 1. The molecule has 0 aliphatic rings. The second-order valence-electron chi connectivity index (χ2n) is 5.04. The molecule has 0 fully saturated rings. The number of benzene rings is 1. The Bertz CT molecular complexity index is 413. The van der Waals surface area contributed by atoms with Crippen LogP contribution in [-0.4, -0.2) is 12.6 Å². The predicted molar refractivity (Wildman–Crippen MR) is 95.3 cm³/mol. The van der Waals surface area contributed by atoms with Crippen LogP contribution in [0.3, 0.4) is 0 Å². The van der Waals surface area contributed by atoms with Gasteiger partial charge in [0.15, 0.2) is 0 Å². The SMILES string of the molecule is CCCCCCCCCONC(=O)Nc1cccc(I)c1. The molecule has 0 saturated heterocycles. The fourth-order valence-corrected chi connectivity index (χ4v) is 2.51. The maximum Gasteiger partial charge on any atom is 0.343 e. The van der Waals surface area contributed by atoms with Gasteiger partial charge in [-0.2, -0.15) is 0 Å². The molecule has 21 heavy (non-hydrogen) atoms. The van der Waals surface area contributed by atoms with Gasteiger partial charge in [0.2, 0.25) is 0 Å². The van der Waals surface area contributed by atoms with E-state index in [1.54, 1.807) is 0 Å². The number of urea groups is 1. The number of amides is 2. The highest BCUT2D eigenvalue weighted by Gasteiger charge is 2.01. The Kier molecular flexibility index (Phi) is 10.2. The summed E-state index contributed by atoms with van der Waals surface area (Å²) in [5.41, 5.74) is 3.17. The summed E-state index contributed by atoms with van der Waals surface area (Å²) in [5.74, 6) is 0. The highest BCUT2D eigenvalue weighted by Crippen LogP contribution is 2.12. The second-order valence-corrected chi connectivity index (χ2v) is 6.28. The standard InChI is InChI=1S/C16H25IN2O2/c1-2-3-4-5-6-7-8-12-21-19-16(20)18-15-11-9-10-14(17)13-15/h9-11,13H,2-8,12H2,1H3,(H2,18,19,20). The van der Waals surface area contributed by atoms with Gasteiger partial charge in [-0.25, -0.2) is 10.3 Å². The van der Waals surface area contributed by atoms with Crippen molar-refractivity contribution < 1.29 is 9.63 Å². The summed E-state index contributed by atoms with van der Waals surface area (Å²) in [6.07, 6.45) is 8.62. The van der Waals surface area contributed by atoms with E-state index in [4.69, 9.17) is 4.84 Å². The van der Waals surface area contributed by atoms with Crippen molar-refractivity contribution in [2.75, 3.05) is 11.9 Å². The van der Waals surface area contributed by atoms with Crippen LogP contribution in [0, 0.1) is 3.57 Å². The zero-order valence-electron chi connectivity index (χ0n) is 12.7.